The van der Waals surface area contributed by atoms with Crippen molar-refractivity contribution < 1.29 is 27.1 Å². The Labute approximate surface area is 131 Å². The fourth-order valence-electron chi connectivity index (χ4n) is 2.04. The van der Waals surface area contributed by atoms with Crippen molar-refractivity contribution in [3.63, 3.8) is 0 Å². The number of hydrogen-bond donors (Lipinski definition) is 1. The number of benzene rings is 1. The number of nitrogens with one attached hydrogen (secondary N) is 1. The summed E-state index contributed by atoms with van der Waals surface area (Å²) in [5.41, 5.74) is -0.333. The molecule has 1 N–H and O–H groups in total. The van der Waals surface area contributed by atoms with E-state index >= 15 is 0 Å². The second-order valence-electron chi connectivity index (χ2n) is 4.87. The molecule has 0 spiro atoms. The van der Waals surface area contributed by atoms with E-state index in [9.17, 15) is 22.4 Å². The first-order chi connectivity index (χ1) is 10.3. The SMILES string of the molecule is O=C(COC(=O)c1ccc(Cl)cc1F)N[C@H]1CCS(=O)(=O)C1. The third-order valence-electron chi connectivity index (χ3n) is 3.08. The lowest BCUT2D eigenvalue weighted by molar-refractivity contribution is -0.124. The van der Waals surface area contributed by atoms with Gasteiger partial charge in [-0.05, 0) is 24.6 Å². The van der Waals surface area contributed by atoms with Crippen molar-refractivity contribution in [2.75, 3.05) is 18.1 Å². The van der Waals surface area contributed by atoms with Gasteiger partial charge in [0.2, 0.25) is 0 Å². The molecule has 0 aliphatic carbocycles. The van der Waals surface area contributed by atoms with Crippen LogP contribution < -0.4 is 5.32 Å². The van der Waals surface area contributed by atoms with Crippen molar-refractivity contribution in [3.8, 4) is 0 Å². The van der Waals surface area contributed by atoms with Gasteiger partial charge in [0.15, 0.2) is 16.4 Å². The van der Waals surface area contributed by atoms with Crippen LogP contribution >= 0.6 is 11.6 Å². The molecule has 9 heteroatoms. The molecule has 0 aromatic heterocycles. The highest BCUT2D eigenvalue weighted by molar-refractivity contribution is 7.91. The van der Waals surface area contributed by atoms with E-state index in [1.54, 1.807) is 0 Å². The van der Waals surface area contributed by atoms with Crippen molar-refractivity contribution in [1.82, 2.24) is 5.32 Å². The Bertz CT molecular complexity index is 706. The second-order valence-corrected chi connectivity index (χ2v) is 7.53. The van der Waals surface area contributed by atoms with E-state index in [4.69, 9.17) is 11.6 Å². The molecule has 2 rings (SSSR count). The van der Waals surface area contributed by atoms with Gasteiger partial charge in [0.1, 0.15) is 5.82 Å². The van der Waals surface area contributed by atoms with Crippen LogP contribution in [0.15, 0.2) is 18.2 Å². The fraction of sp³-hybridized carbons (Fsp3) is 0.385. The maximum atomic E-state index is 13.5. The van der Waals surface area contributed by atoms with E-state index < -0.39 is 40.2 Å². The van der Waals surface area contributed by atoms with Gasteiger partial charge in [-0.25, -0.2) is 17.6 Å². The zero-order valence-corrected chi connectivity index (χ0v) is 12.9. The van der Waals surface area contributed by atoms with Crippen LogP contribution in [-0.4, -0.2) is 44.4 Å². The Kier molecular flexibility index (Phi) is 5.02. The molecule has 1 aliphatic heterocycles. The summed E-state index contributed by atoms with van der Waals surface area (Å²) in [5, 5.41) is 2.59. The Hall–Kier alpha value is -1.67. The molecule has 0 bridgehead atoms. The molecule has 1 atom stereocenters. The molecule has 0 saturated carbocycles. The summed E-state index contributed by atoms with van der Waals surface area (Å²) in [4.78, 5) is 23.2. The van der Waals surface area contributed by atoms with Crippen LogP contribution in [0.1, 0.15) is 16.8 Å². The first-order valence-corrected chi connectivity index (χ1v) is 8.59. The minimum Gasteiger partial charge on any atom is -0.452 e. The lowest BCUT2D eigenvalue weighted by atomic mass is 10.2. The highest BCUT2D eigenvalue weighted by Crippen LogP contribution is 2.15. The molecule has 0 radical (unpaired) electrons. The molecule has 1 aliphatic rings. The monoisotopic (exact) mass is 349 g/mol. The number of carbonyl (C=O) groups is 2. The minimum absolute atomic E-state index is 0.0215. The van der Waals surface area contributed by atoms with Crippen LogP contribution in [0.2, 0.25) is 5.02 Å². The predicted molar refractivity (Wildman–Crippen MR) is 76.9 cm³/mol. The molecule has 1 fully saturated rings. The maximum Gasteiger partial charge on any atom is 0.341 e. The van der Waals surface area contributed by atoms with E-state index in [-0.39, 0.29) is 22.1 Å². The Morgan fingerprint density at radius 1 is 1.41 bits per heavy atom. The van der Waals surface area contributed by atoms with Crippen LogP contribution in [0.5, 0.6) is 0 Å². The molecule has 22 heavy (non-hydrogen) atoms. The van der Waals surface area contributed by atoms with Crippen LogP contribution in [-0.2, 0) is 19.4 Å². The van der Waals surface area contributed by atoms with E-state index in [0.29, 0.717) is 6.42 Å². The van der Waals surface area contributed by atoms with Gasteiger partial charge in [-0.2, -0.15) is 0 Å². The Balaban J connectivity index is 1.84. The van der Waals surface area contributed by atoms with Gasteiger partial charge < -0.3 is 10.1 Å². The molecule has 120 valence electrons. The maximum absolute atomic E-state index is 13.5. The zero-order chi connectivity index (χ0) is 16.3. The van der Waals surface area contributed by atoms with Gasteiger partial charge in [0.05, 0.1) is 17.1 Å². The second kappa shape index (κ2) is 6.62. The topological polar surface area (TPSA) is 89.5 Å². The van der Waals surface area contributed by atoms with Crippen LogP contribution in [0.3, 0.4) is 0 Å². The molecule has 1 aromatic carbocycles. The summed E-state index contributed by atoms with van der Waals surface area (Å²) in [6, 6.07) is 2.96. The molecule has 6 nitrogen and oxygen atoms in total. The molecule has 1 amide bonds. The number of esters is 1. The summed E-state index contributed by atoms with van der Waals surface area (Å²) in [7, 11) is -3.11. The van der Waals surface area contributed by atoms with Crippen molar-refractivity contribution in [2.45, 2.75) is 12.5 Å². The normalized spacial score (nSPS) is 19.6. The minimum atomic E-state index is -3.11. The van der Waals surface area contributed by atoms with Gasteiger partial charge >= 0.3 is 5.97 Å². The van der Waals surface area contributed by atoms with Crippen LogP contribution in [0.25, 0.3) is 0 Å². The lowest BCUT2D eigenvalue weighted by Crippen LogP contribution is -2.38. The van der Waals surface area contributed by atoms with E-state index in [0.717, 1.165) is 12.1 Å². The van der Waals surface area contributed by atoms with Gasteiger partial charge in [0, 0.05) is 11.1 Å². The van der Waals surface area contributed by atoms with Crippen molar-refractivity contribution in [1.29, 1.82) is 0 Å². The highest BCUT2D eigenvalue weighted by atomic mass is 35.5. The lowest BCUT2D eigenvalue weighted by Gasteiger charge is -2.11. The van der Waals surface area contributed by atoms with Crippen molar-refractivity contribution in [3.05, 3.63) is 34.6 Å². The quantitative estimate of drug-likeness (QED) is 0.817. The summed E-state index contributed by atoms with van der Waals surface area (Å²) in [6.45, 7) is -0.614. The number of carbonyl (C=O) groups excluding carboxylic acids is 2. The smallest absolute Gasteiger partial charge is 0.341 e. The molecular formula is C13H13ClFNO5S. The molecule has 1 saturated heterocycles. The average Bonchev–Trinajstić information content (AvgIpc) is 2.75. The van der Waals surface area contributed by atoms with Crippen LogP contribution in [0, 0.1) is 5.82 Å². The Morgan fingerprint density at radius 3 is 2.73 bits per heavy atom. The largest absolute Gasteiger partial charge is 0.452 e. The number of rotatable bonds is 4. The highest BCUT2D eigenvalue weighted by Gasteiger charge is 2.29. The first kappa shape index (κ1) is 16.7. The number of ether oxygens (including phenoxy) is 1. The first-order valence-electron chi connectivity index (χ1n) is 6.39. The molecule has 1 aromatic rings. The van der Waals surface area contributed by atoms with Crippen molar-refractivity contribution >= 4 is 33.3 Å². The summed E-state index contributed by atoms with van der Waals surface area (Å²) >= 11 is 5.56. The van der Waals surface area contributed by atoms with E-state index in [1.807, 2.05) is 0 Å². The number of sulfone groups is 1. The Morgan fingerprint density at radius 2 is 2.14 bits per heavy atom. The third kappa shape index (κ3) is 4.41. The number of hydrogen-bond acceptors (Lipinski definition) is 5. The fourth-order valence-corrected chi connectivity index (χ4v) is 3.87. The van der Waals surface area contributed by atoms with Gasteiger partial charge in [-0.3, -0.25) is 4.79 Å². The van der Waals surface area contributed by atoms with Crippen LogP contribution in [0.4, 0.5) is 4.39 Å². The third-order valence-corrected chi connectivity index (χ3v) is 5.09. The summed E-state index contributed by atoms with van der Waals surface area (Å²) in [5.74, 6) is -2.58. The molecular weight excluding hydrogens is 337 g/mol. The number of amides is 1. The molecule has 1 heterocycles. The zero-order valence-electron chi connectivity index (χ0n) is 11.3. The van der Waals surface area contributed by atoms with E-state index in [1.165, 1.54) is 6.07 Å². The predicted octanol–water partition coefficient (Wildman–Crippen LogP) is 0.939. The molecule has 0 unspecified atom stereocenters. The number of halogens is 2. The summed E-state index contributed by atoms with van der Waals surface area (Å²) in [6.07, 6.45) is 0.327. The van der Waals surface area contributed by atoms with Gasteiger partial charge in [-0.1, -0.05) is 11.6 Å². The van der Waals surface area contributed by atoms with E-state index in [2.05, 4.69) is 10.1 Å². The van der Waals surface area contributed by atoms with Gasteiger partial charge in [-0.15, -0.1) is 0 Å². The average molecular weight is 350 g/mol. The summed E-state index contributed by atoms with van der Waals surface area (Å²) < 4.78 is 40.7. The standard InChI is InChI=1S/C13H13ClFNO5S/c14-8-1-2-10(11(15)5-8)13(18)21-6-12(17)16-9-3-4-22(19,20)7-9/h1-2,5,9H,3-4,6-7H2,(H,16,17)/t9-/m0/s1. The van der Waals surface area contributed by atoms with Crippen molar-refractivity contribution in [2.24, 2.45) is 0 Å². The van der Waals surface area contributed by atoms with Gasteiger partial charge in [0.25, 0.3) is 5.91 Å².